The van der Waals surface area contributed by atoms with Crippen LogP contribution >= 0.6 is 0 Å². The molecule has 0 N–H and O–H groups in total. The first-order valence-corrected chi connectivity index (χ1v) is 7.36. The fourth-order valence-corrected chi connectivity index (χ4v) is 2.36. The third-order valence-electron chi connectivity index (χ3n) is 3.40. The molecule has 0 radical (unpaired) electrons. The van der Waals surface area contributed by atoms with Crippen LogP contribution in [0.2, 0.25) is 0 Å². The molecule has 3 nitrogen and oxygen atoms in total. The SMILES string of the molecule is CC1CCCCN(C(=O)OC(C)(C)C)CCCC1. The van der Waals surface area contributed by atoms with Gasteiger partial charge in [0.05, 0.1) is 0 Å². The van der Waals surface area contributed by atoms with Crippen LogP contribution in [-0.2, 0) is 4.74 Å². The quantitative estimate of drug-likeness (QED) is 0.649. The number of ether oxygens (including phenoxy) is 1. The molecule has 18 heavy (non-hydrogen) atoms. The van der Waals surface area contributed by atoms with Crippen LogP contribution in [0.1, 0.15) is 66.2 Å². The van der Waals surface area contributed by atoms with E-state index in [4.69, 9.17) is 4.74 Å². The van der Waals surface area contributed by atoms with Crippen LogP contribution in [0.3, 0.4) is 0 Å². The zero-order valence-electron chi connectivity index (χ0n) is 12.5. The van der Waals surface area contributed by atoms with E-state index in [0.29, 0.717) is 0 Å². The Labute approximate surface area is 112 Å². The van der Waals surface area contributed by atoms with E-state index in [2.05, 4.69) is 6.92 Å². The van der Waals surface area contributed by atoms with Crippen molar-refractivity contribution in [1.82, 2.24) is 4.90 Å². The molecule has 0 atom stereocenters. The monoisotopic (exact) mass is 255 g/mol. The van der Waals surface area contributed by atoms with Crippen molar-refractivity contribution in [2.45, 2.75) is 71.8 Å². The molecule has 106 valence electrons. The Morgan fingerprint density at radius 2 is 1.56 bits per heavy atom. The van der Waals surface area contributed by atoms with Crippen molar-refractivity contribution in [3.8, 4) is 0 Å². The number of carbonyl (C=O) groups excluding carboxylic acids is 1. The van der Waals surface area contributed by atoms with Crippen molar-refractivity contribution in [1.29, 1.82) is 0 Å². The first-order valence-electron chi connectivity index (χ1n) is 7.36. The Morgan fingerprint density at radius 1 is 1.06 bits per heavy atom. The van der Waals surface area contributed by atoms with Crippen molar-refractivity contribution in [3.05, 3.63) is 0 Å². The second-order valence-electron chi connectivity index (χ2n) is 6.56. The van der Waals surface area contributed by atoms with Gasteiger partial charge in [0, 0.05) is 13.1 Å². The maximum Gasteiger partial charge on any atom is 0.410 e. The molecule has 0 saturated carbocycles. The first-order chi connectivity index (χ1) is 8.38. The summed E-state index contributed by atoms with van der Waals surface area (Å²) in [5.41, 5.74) is -0.388. The summed E-state index contributed by atoms with van der Waals surface area (Å²) in [6.45, 7) is 9.81. The number of carbonyl (C=O) groups is 1. The molecule has 1 aliphatic heterocycles. The Kier molecular flexibility index (Phi) is 5.97. The largest absolute Gasteiger partial charge is 0.444 e. The normalized spacial score (nSPS) is 20.6. The summed E-state index contributed by atoms with van der Waals surface area (Å²) in [6.07, 6.45) is 7.09. The van der Waals surface area contributed by atoms with Crippen LogP contribution in [0.4, 0.5) is 4.79 Å². The second-order valence-corrected chi connectivity index (χ2v) is 6.56. The maximum absolute atomic E-state index is 12.0. The van der Waals surface area contributed by atoms with E-state index >= 15 is 0 Å². The lowest BCUT2D eigenvalue weighted by Gasteiger charge is -2.28. The van der Waals surface area contributed by atoms with Gasteiger partial charge in [-0.1, -0.05) is 32.6 Å². The molecule has 0 bridgehead atoms. The van der Waals surface area contributed by atoms with E-state index in [-0.39, 0.29) is 11.7 Å². The molecule has 0 aromatic rings. The molecule has 1 aliphatic rings. The molecule has 0 spiro atoms. The molecule has 1 heterocycles. The fourth-order valence-electron chi connectivity index (χ4n) is 2.36. The fraction of sp³-hybridized carbons (Fsp3) is 0.933. The van der Waals surface area contributed by atoms with Crippen LogP contribution in [0.15, 0.2) is 0 Å². The van der Waals surface area contributed by atoms with E-state index in [1.165, 1.54) is 25.7 Å². The minimum absolute atomic E-state index is 0.142. The third kappa shape index (κ3) is 6.27. The third-order valence-corrected chi connectivity index (χ3v) is 3.40. The smallest absolute Gasteiger partial charge is 0.410 e. The van der Waals surface area contributed by atoms with Gasteiger partial charge in [0.25, 0.3) is 0 Å². The molecular weight excluding hydrogens is 226 g/mol. The van der Waals surface area contributed by atoms with E-state index < -0.39 is 0 Å². The number of rotatable bonds is 0. The molecular formula is C15H29NO2. The minimum atomic E-state index is -0.388. The predicted octanol–water partition coefficient (Wildman–Crippen LogP) is 4.21. The number of nitrogens with zero attached hydrogens (tertiary/aromatic N) is 1. The van der Waals surface area contributed by atoms with Gasteiger partial charge in [-0.2, -0.15) is 0 Å². The zero-order valence-corrected chi connectivity index (χ0v) is 12.5. The first kappa shape index (κ1) is 15.3. The van der Waals surface area contributed by atoms with Crippen molar-refractivity contribution in [2.75, 3.05) is 13.1 Å². The summed E-state index contributed by atoms with van der Waals surface area (Å²) in [5.74, 6) is 0.845. The van der Waals surface area contributed by atoms with Gasteiger partial charge in [-0.3, -0.25) is 0 Å². The van der Waals surface area contributed by atoms with Crippen LogP contribution in [0.25, 0.3) is 0 Å². The lowest BCUT2D eigenvalue weighted by molar-refractivity contribution is 0.0240. The number of hydrogen-bond donors (Lipinski definition) is 0. The summed E-state index contributed by atoms with van der Waals surface area (Å²) in [5, 5.41) is 0. The van der Waals surface area contributed by atoms with Gasteiger partial charge < -0.3 is 9.64 Å². The Balaban J connectivity index is 2.45. The van der Waals surface area contributed by atoms with E-state index in [1.807, 2.05) is 25.7 Å². The molecule has 0 aromatic carbocycles. The van der Waals surface area contributed by atoms with E-state index in [1.54, 1.807) is 0 Å². The molecule has 1 saturated heterocycles. The van der Waals surface area contributed by atoms with Crippen molar-refractivity contribution in [3.63, 3.8) is 0 Å². The van der Waals surface area contributed by atoms with Crippen LogP contribution in [-0.4, -0.2) is 29.7 Å². The molecule has 1 fully saturated rings. The Morgan fingerprint density at radius 3 is 2.00 bits per heavy atom. The highest BCUT2D eigenvalue weighted by Gasteiger charge is 2.22. The maximum atomic E-state index is 12.0. The summed E-state index contributed by atoms with van der Waals surface area (Å²) < 4.78 is 5.45. The van der Waals surface area contributed by atoms with Crippen molar-refractivity contribution in [2.24, 2.45) is 5.92 Å². The van der Waals surface area contributed by atoms with Gasteiger partial charge >= 0.3 is 6.09 Å². The van der Waals surface area contributed by atoms with Gasteiger partial charge in [-0.05, 0) is 39.5 Å². The van der Waals surface area contributed by atoms with E-state index in [9.17, 15) is 4.79 Å². The van der Waals surface area contributed by atoms with Crippen LogP contribution in [0.5, 0.6) is 0 Å². The predicted molar refractivity (Wildman–Crippen MR) is 74.7 cm³/mol. The van der Waals surface area contributed by atoms with Gasteiger partial charge in [0.1, 0.15) is 5.60 Å². The van der Waals surface area contributed by atoms with E-state index in [0.717, 1.165) is 31.8 Å². The summed E-state index contributed by atoms with van der Waals surface area (Å²) >= 11 is 0. The van der Waals surface area contributed by atoms with Crippen molar-refractivity contribution >= 4 is 6.09 Å². The summed E-state index contributed by atoms with van der Waals surface area (Å²) in [4.78, 5) is 13.9. The Bertz CT molecular complexity index is 246. The highest BCUT2D eigenvalue weighted by Crippen LogP contribution is 2.19. The lowest BCUT2D eigenvalue weighted by atomic mass is 9.97. The number of amides is 1. The average Bonchev–Trinajstić information content (AvgIpc) is 2.24. The van der Waals surface area contributed by atoms with Crippen LogP contribution < -0.4 is 0 Å². The van der Waals surface area contributed by atoms with Crippen LogP contribution in [0, 0.1) is 5.92 Å². The summed E-state index contributed by atoms with van der Waals surface area (Å²) in [6, 6.07) is 0. The number of hydrogen-bond acceptors (Lipinski definition) is 2. The highest BCUT2D eigenvalue weighted by molar-refractivity contribution is 5.68. The van der Waals surface area contributed by atoms with Gasteiger partial charge in [0.15, 0.2) is 0 Å². The molecule has 0 aromatic heterocycles. The standard InChI is InChI=1S/C15H29NO2/c1-13-9-5-7-11-16(12-8-6-10-13)14(17)18-15(2,3)4/h13H,5-12H2,1-4H3. The Hall–Kier alpha value is -0.730. The van der Waals surface area contributed by atoms with Crippen molar-refractivity contribution < 1.29 is 9.53 Å². The minimum Gasteiger partial charge on any atom is -0.444 e. The molecule has 3 heteroatoms. The average molecular weight is 255 g/mol. The molecule has 1 rings (SSSR count). The molecule has 0 unspecified atom stereocenters. The molecule has 1 amide bonds. The van der Waals surface area contributed by atoms with Gasteiger partial charge in [-0.15, -0.1) is 0 Å². The topological polar surface area (TPSA) is 29.5 Å². The zero-order chi connectivity index (χ0) is 13.6. The summed E-state index contributed by atoms with van der Waals surface area (Å²) in [7, 11) is 0. The second kappa shape index (κ2) is 7.01. The molecule has 0 aliphatic carbocycles. The van der Waals surface area contributed by atoms with Gasteiger partial charge in [-0.25, -0.2) is 4.79 Å². The lowest BCUT2D eigenvalue weighted by Crippen LogP contribution is -2.38. The highest BCUT2D eigenvalue weighted by atomic mass is 16.6. The van der Waals surface area contributed by atoms with Gasteiger partial charge in [0.2, 0.25) is 0 Å².